The van der Waals surface area contributed by atoms with Crippen LogP contribution in [-0.4, -0.2) is 65.5 Å². The fraction of sp³-hybridized carbons (Fsp3) is 0.381. The second-order valence-corrected chi connectivity index (χ2v) is 9.63. The van der Waals surface area contributed by atoms with E-state index in [1.54, 1.807) is 12.2 Å². The van der Waals surface area contributed by atoms with Gasteiger partial charge >= 0.3 is 0 Å². The molecule has 2 aromatic rings. The smallest absolute Gasteiger partial charge is 0.194 e. The van der Waals surface area contributed by atoms with Crippen LogP contribution in [0.3, 0.4) is 0 Å². The highest BCUT2D eigenvalue weighted by molar-refractivity contribution is 8.03. The molecule has 13 heteroatoms. The molecule has 1 aromatic carbocycles. The average Bonchev–Trinajstić information content (AvgIpc) is 3.29. The van der Waals surface area contributed by atoms with Crippen molar-refractivity contribution in [2.75, 3.05) is 6.61 Å². The zero-order chi connectivity index (χ0) is 24.6. The third-order valence-corrected chi connectivity index (χ3v) is 6.95. The minimum Gasteiger partial charge on any atom is -0.394 e. The standard InChI is InChI=1S/C21H18ClF3N4O4S/c22-21(9-26)3-1-2-11(6-21)34-20-19(32)17(18(31)15(8-30)33-20)29-7-14(27-28-29)10-4-12(23)16(25)13(24)5-10/h1-2,4-7,15,17-20,30-32H,3,8H2/t15-,17+,18+,19-,20-,21?/m1/s1. The topological polar surface area (TPSA) is 124 Å². The molecular weight excluding hydrogens is 497 g/mol. The van der Waals surface area contributed by atoms with Crippen LogP contribution in [0.4, 0.5) is 13.2 Å². The van der Waals surface area contributed by atoms with E-state index in [9.17, 15) is 33.8 Å². The fourth-order valence-electron chi connectivity index (χ4n) is 3.70. The third-order valence-electron chi connectivity index (χ3n) is 5.45. The Labute approximate surface area is 200 Å². The van der Waals surface area contributed by atoms with Crippen molar-refractivity contribution < 1.29 is 33.2 Å². The summed E-state index contributed by atoms with van der Waals surface area (Å²) in [7, 11) is 0. The molecule has 0 spiro atoms. The van der Waals surface area contributed by atoms with E-state index in [1.807, 2.05) is 6.07 Å². The minimum absolute atomic E-state index is 0.0349. The monoisotopic (exact) mass is 514 g/mol. The zero-order valence-electron chi connectivity index (χ0n) is 17.2. The van der Waals surface area contributed by atoms with E-state index >= 15 is 0 Å². The average molecular weight is 515 g/mol. The summed E-state index contributed by atoms with van der Waals surface area (Å²) in [4.78, 5) is -0.706. The molecule has 0 radical (unpaired) electrons. The van der Waals surface area contributed by atoms with Crippen molar-refractivity contribution in [1.82, 2.24) is 15.0 Å². The van der Waals surface area contributed by atoms with Gasteiger partial charge in [0.2, 0.25) is 0 Å². The molecule has 1 aliphatic heterocycles. The number of nitrogens with zero attached hydrogens (tertiary/aromatic N) is 4. The predicted octanol–water partition coefficient (Wildman–Crippen LogP) is 2.42. The van der Waals surface area contributed by atoms with Crippen molar-refractivity contribution in [1.29, 1.82) is 5.26 Å². The lowest BCUT2D eigenvalue weighted by Gasteiger charge is -2.42. The van der Waals surface area contributed by atoms with Gasteiger partial charge in [0.25, 0.3) is 0 Å². The molecule has 0 saturated carbocycles. The van der Waals surface area contributed by atoms with Gasteiger partial charge in [0.1, 0.15) is 35.5 Å². The number of alkyl halides is 1. The van der Waals surface area contributed by atoms with Gasteiger partial charge in [0, 0.05) is 16.9 Å². The van der Waals surface area contributed by atoms with Crippen LogP contribution in [0.2, 0.25) is 0 Å². The van der Waals surface area contributed by atoms with Crippen molar-refractivity contribution in [3.8, 4) is 17.3 Å². The van der Waals surface area contributed by atoms with E-state index in [1.165, 1.54) is 12.3 Å². The van der Waals surface area contributed by atoms with Crippen LogP contribution >= 0.6 is 23.4 Å². The summed E-state index contributed by atoms with van der Waals surface area (Å²) in [6, 6.07) is 2.32. The molecule has 4 rings (SSSR count). The quantitative estimate of drug-likeness (QED) is 0.410. The number of rotatable bonds is 5. The molecular formula is C21H18ClF3N4O4S. The summed E-state index contributed by atoms with van der Waals surface area (Å²) in [6.07, 6.45) is 2.54. The van der Waals surface area contributed by atoms with Gasteiger partial charge in [-0.25, -0.2) is 17.9 Å². The van der Waals surface area contributed by atoms with Gasteiger partial charge in [-0.05, 0) is 18.2 Å². The van der Waals surface area contributed by atoms with E-state index in [0.29, 0.717) is 11.3 Å². The van der Waals surface area contributed by atoms with Crippen LogP contribution in [0.1, 0.15) is 12.5 Å². The van der Waals surface area contributed by atoms with Gasteiger partial charge in [0.15, 0.2) is 22.3 Å². The summed E-state index contributed by atoms with van der Waals surface area (Å²) < 4.78 is 47.3. The summed E-state index contributed by atoms with van der Waals surface area (Å²) in [5.41, 5.74) is -1.14. The molecule has 1 aromatic heterocycles. The van der Waals surface area contributed by atoms with Gasteiger partial charge in [-0.3, -0.25) is 0 Å². The van der Waals surface area contributed by atoms with Crippen molar-refractivity contribution in [2.45, 2.75) is 41.1 Å². The van der Waals surface area contributed by atoms with E-state index in [4.69, 9.17) is 16.3 Å². The number of thioether (sulfide) groups is 1. The van der Waals surface area contributed by atoms with Crippen LogP contribution in [0, 0.1) is 28.8 Å². The number of ether oxygens (including phenoxy) is 1. The van der Waals surface area contributed by atoms with Crippen LogP contribution in [0.25, 0.3) is 11.3 Å². The first-order chi connectivity index (χ1) is 16.2. The molecule has 1 saturated heterocycles. The maximum atomic E-state index is 13.6. The molecule has 3 N–H and O–H groups in total. The van der Waals surface area contributed by atoms with Crippen LogP contribution < -0.4 is 0 Å². The number of nitriles is 1. The van der Waals surface area contributed by atoms with E-state index in [2.05, 4.69) is 10.3 Å². The van der Waals surface area contributed by atoms with Gasteiger partial charge in [0.05, 0.1) is 18.9 Å². The summed E-state index contributed by atoms with van der Waals surface area (Å²) >= 11 is 7.26. The van der Waals surface area contributed by atoms with E-state index in [-0.39, 0.29) is 11.3 Å². The van der Waals surface area contributed by atoms with E-state index < -0.39 is 58.7 Å². The number of halogens is 4. The second-order valence-electron chi connectivity index (χ2n) is 7.78. The lowest BCUT2D eigenvalue weighted by atomic mass is 9.97. The van der Waals surface area contributed by atoms with Gasteiger partial charge in [-0.1, -0.05) is 40.7 Å². The maximum Gasteiger partial charge on any atom is 0.194 e. The Balaban J connectivity index is 1.62. The summed E-state index contributed by atoms with van der Waals surface area (Å²) in [6.45, 7) is -0.579. The van der Waals surface area contributed by atoms with Crippen molar-refractivity contribution in [3.63, 3.8) is 0 Å². The molecule has 0 bridgehead atoms. The lowest BCUT2D eigenvalue weighted by molar-refractivity contribution is -0.178. The highest BCUT2D eigenvalue weighted by Gasteiger charge is 2.46. The van der Waals surface area contributed by atoms with E-state index in [0.717, 1.165) is 28.6 Å². The number of benzene rings is 1. The highest BCUT2D eigenvalue weighted by Crippen LogP contribution is 2.41. The molecule has 8 nitrogen and oxygen atoms in total. The van der Waals surface area contributed by atoms with Gasteiger partial charge in [-0.2, -0.15) is 5.26 Å². The Morgan fingerprint density at radius 1 is 1.26 bits per heavy atom. The van der Waals surface area contributed by atoms with Crippen LogP contribution in [0.15, 0.2) is 41.5 Å². The Bertz CT molecular complexity index is 1170. The molecule has 1 aliphatic carbocycles. The zero-order valence-corrected chi connectivity index (χ0v) is 18.8. The fourth-order valence-corrected chi connectivity index (χ4v) is 5.18. The number of hydrogen-bond donors (Lipinski definition) is 3. The largest absolute Gasteiger partial charge is 0.394 e. The molecule has 1 unspecified atom stereocenters. The molecule has 34 heavy (non-hydrogen) atoms. The Morgan fingerprint density at radius 3 is 2.62 bits per heavy atom. The molecule has 2 aliphatic rings. The highest BCUT2D eigenvalue weighted by atomic mass is 35.5. The normalized spacial score (nSPS) is 31.2. The molecule has 0 amide bonds. The van der Waals surface area contributed by atoms with Gasteiger partial charge < -0.3 is 20.1 Å². The Morgan fingerprint density at radius 2 is 1.97 bits per heavy atom. The Kier molecular flexibility index (Phi) is 7.04. The number of allylic oxidation sites excluding steroid dienone is 3. The number of aliphatic hydroxyl groups excluding tert-OH is 3. The molecule has 2 heterocycles. The number of hydrogen-bond acceptors (Lipinski definition) is 8. The van der Waals surface area contributed by atoms with Gasteiger partial charge in [-0.15, -0.1) is 5.10 Å². The first-order valence-electron chi connectivity index (χ1n) is 10.0. The van der Waals surface area contributed by atoms with Crippen LogP contribution in [-0.2, 0) is 4.74 Å². The summed E-state index contributed by atoms with van der Waals surface area (Å²) in [5.74, 6) is -4.44. The number of aliphatic hydroxyl groups is 3. The second kappa shape index (κ2) is 9.69. The van der Waals surface area contributed by atoms with Crippen molar-refractivity contribution in [2.24, 2.45) is 0 Å². The summed E-state index contributed by atoms with van der Waals surface area (Å²) in [5, 5.41) is 48.3. The number of aromatic nitrogens is 3. The Hall–Kier alpha value is -2.40. The first kappa shape index (κ1) is 24.7. The van der Waals surface area contributed by atoms with Crippen molar-refractivity contribution in [3.05, 3.63) is 58.9 Å². The van der Waals surface area contributed by atoms with Crippen molar-refractivity contribution >= 4 is 23.4 Å². The molecule has 180 valence electrons. The SMILES string of the molecule is N#CC1(Cl)C=C(S[C@H]2O[C@H](CO)[C@H](O)[C@H](n3cc(-c4cc(F)c(F)c(F)c4)nn3)[C@H]2O)C=CC1. The minimum atomic E-state index is -1.62. The lowest BCUT2D eigenvalue weighted by Crippen LogP contribution is -2.55. The molecule has 6 atom stereocenters. The third kappa shape index (κ3) is 4.72. The predicted molar refractivity (Wildman–Crippen MR) is 116 cm³/mol. The molecule has 1 fully saturated rings. The van der Waals surface area contributed by atoms with Crippen LogP contribution in [0.5, 0.6) is 0 Å². The maximum absolute atomic E-state index is 13.6. The first-order valence-corrected chi connectivity index (χ1v) is 11.3.